The van der Waals surface area contributed by atoms with Gasteiger partial charge in [0.25, 0.3) is 0 Å². The first-order chi connectivity index (χ1) is 18.4. The summed E-state index contributed by atoms with van der Waals surface area (Å²) in [7, 11) is 0. The lowest BCUT2D eigenvalue weighted by molar-refractivity contribution is -0.135. The van der Waals surface area contributed by atoms with Crippen molar-refractivity contribution in [2.24, 2.45) is 0 Å². The minimum Gasteiger partial charge on any atom is -0.428 e. The van der Waals surface area contributed by atoms with Crippen molar-refractivity contribution >= 4 is 17.5 Å². The van der Waals surface area contributed by atoms with Gasteiger partial charge in [-0.3, -0.25) is 0 Å². The summed E-state index contributed by atoms with van der Waals surface area (Å²) in [4.78, 5) is 23.4. The van der Waals surface area contributed by atoms with E-state index in [-0.39, 0.29) is 5.41 Å². The Labute approximate surface area is 232 Å². The van der Waals surface area contributed by atoms with E-state index in [9.17, 15) is 9.59 Å². The largest absolute Gasteiger partial charge is 0.428 e. The standard InChI is InChI=1S/C35H36O4/c1-23(2)33(36)38-26(6)10-9-25(5)27-11-17-30(18-12-27)35(7,8)31-19-13-28(14-20-31)29-15-21-32(22-16-29)39-34(37)24(3)4/h9-22H,1,3H2,2,4-8H3/b25-9+,26-10+. The summed E-state index contributed by atoms with van der Waals surface area (Å²) in [6, 6.07) is 24.5. The van der Waals surface area contributed by atoms with Crippen LogP contribution >= 0.6 is 0 Å². The van der Waals surface area contributed by atoms with Gasteiger partial charge in [0, 0.05) is 16.6 Å². The number of hydrogen-bond acceptors (Lipinski definition) is 4. The maximum atomic E-state index is 11.7. The van der Waals surface area contributed by atoms with Crippen molar-refractivity contribution in [2.45, 2.75) is 47.0 Å². The maximum absolute atomic E-state index is 11.7. The Morgan fingerprint density at radius 1 is 0.667 bits per heavy atom. The fourth-order valence-electron chi connectivity index (χ4n) is 3.91. The van der Waals surface area contributed by atoms with Crippen LogP contribution in [0.25, 0.3) is 16.7 Å². The molecule has 4 nitrogen and oxygen atoms in total. The predicted octanol–water partition coefficient (Wildman–Crippen LogP) is 8.59. The third kappa shape index (κ3) is 7.55. The van der Waals surface area contributed by atoms with E-state index in [0.29, 0.717) is 22.7 Å². The first kappa shape index (κ1) is 29.1. The van der Waals surface area contributed by atoms with Crippen LogP contribution in [0, 0.1) is 0 Å². The molecule has 39 heavy (non-hydrogen) atoms. The summed E-state index contributed by atoms with van der Waals surface area (Å²) in [5, 5.41) is 0. The zero-order valence-electron chi connectivity index (χ0n) is 23.6. The van der Waals surface area contributed by atoms with Gasteiger partial charge in [0.15, 0.2) is 0 Å². The van der Waals surface area contributed by atoms with Gasteiger partial charge < -0.3 is 9.47 Å². The molecule has 4 heteroatoms. The highest BCUT2D eigenvalue weighted by Gasteiger charge is 2.23. The van der Waals surface area contributed by atoms with Crippen LogP contribution in [-0.2, 0) is 19.7 Å². The molecule has 0 radical (unpaired) electrons. The van der Waals surface area contributed by atoms with Crippen molar-refractivity contribution in [1.82, 2.24) is 0 Å². The number of allylic oxidation sites excluding steroid dienone is 4. The summed E-state index contributed by atoms with van der Waals surface area (Å²) in [5.41, 5.74) is 7.24. The van der Waals surface area contributed by atoms with Gasteiger partial charge >= 0.3 is 11.9 Å². The monoisotopic (exact) mass is 520 g/mol. The molecule has 0 N–H and O–H groups in total. The Balaban J connectivity index is 1.72. The fourth-order valence-corrected chi connectivity index (χ4v) is 3.91. The number of carbonyl (C=O) groups is 2. The van der Waals surface area contributed by atoms with Crippen molar-refractivity contribution in [2.75, 3.05) is 0 Å². The molecule has 0 spiro atoms. The smallest absolute Gasteiger partial charge is 0.338 e. The fraction of sp³-hybridized carbons (Fsp3) is 0.200. The Morgan fingerprint density at radius 3 is 1.62 bits per heavy atom. The number of esters is 2. The van der Waals surface area contributed by atoms with Crippen LogP contribution in [0.2, 0.25) is 0 Å². The van der Waals surface area contributed by atoms with E-state index in [4.69, 9.17) is 9.47 Å². The highest BCUT2D eigenvalue weighted by Crippen LogP contribution is 2.34. The lowest BCUT2D eigenvalue weighted by atomic mass is 9.77. The van der Waals surface area contributed by atoms with Crippen molar-refractivity contribution in [3.8, 4) is 16.9 Å². The molecule has 0 atom stereocenters. The minimum absolute atomic E-state index is 0.192. The molecule has 0 saturated carbocycles. The third-order valence-corrected chi connectivity index (χ3v) is 6.59. The van der Waals surface area contributed by atoms with E-state index < -0.39 is 11.9 Å². The first-order valence-corrected chi connectivity index (χ1v) is 12.8. The molecule has 0 aliphatic heterocycles. The summed E-state index contributed by atoms with van der Waals surface area (Å²) in [6.45, 7) is 18.7. The number of ether oxygens (including phenoxy) is 2. The predicted molar refractivity (Wildman–Crippen MR) is 159 cm³/mol. The van der Waals surface area contributed by atoms with Crippen molar-refractivity contribution in [3.05, 3.63) is 132 Å². The van der Waals surface area contributed by atoms with Crippen molar-refractivity contribution < 1.29 is 19.1 Å². The van der Waals surface area contributed by atoms with Gasteiger partial charge in [0.05, 0.1) is 0 Å². The molecular formula is C35H36O4. The zero-order valence-corrected chi connectivity index (χ0v) is 23.6. The molecule has 0 heterocycles. The molecule has 0 saturated heterocycles. The first-order valence-electron chi connectivity index (χ1n) is 12.8. The second-order valence-electron chi connectivity index (χ2n) is 10.3. The normalized spacial score (nSPS) is 12.1. The van der Waals surface area contributed by atoms with Crippen molar-refractivity contribution in [3.63, 3.8) is 0 Å². The molecular weight excluding hydrogens is 484 g/mol. The maximum Gasteiger partial charge on any atom is 0.338 e. The van der Waals surface area contributed by atoms with Gasteiger partial charge in [-0.25, -0.2) is 9.59 Å². The highest BCUT2D eigenvalue weighted by molar-refractivity contribution is 5.89. The molecule has 0 bridgehead atoms. The van der Waals surface area contributed by atoms with Crippen LogP contribution in [0.15, 0.2) is 115 Å². The molecule has 0 amide bonds. The van der Waals surface area contributed by atoms with Gasteiger partial charge in [-0.1, -0.05) is 93.7 Å². The Morgan fingerprint density at radius 2 is 1.13 bits per heavy atom. The number of benzene rings is 3. The Bertz CT molecular complexity index is 1430. The second-order valence-corrected chi connectivity index (χ2v) is 10.3. The Kier molecular flexibility index (Phi) is 9.26. The van der Waals surface area contributed by atoms with E-state index in [0.717, 1.165) is 22.3 Å². The molecule has 200 valence electrons. The molecule has 0 aliphatic rings. The molecule has 0 fully saturated rings. The van der Waals surface area contributed by atoms with Gasteiger partial charge in [0.2, 0.25) is 0 Å². The minimum atomic E-state index is -0.429. The molecule has 3 aromatic carbocycles. The van der Waals surface area contributed by atoms with E-state index in [2.05, 4.69) is 75.5 Å². The van der Waals surface area contributed by atoms with Gasteiger partial charge in [0.1, 0.15) is 11.5 Å². The summed E-state index contributed by atoms with van der Waals surface area (Å²) in [6.07, 6.45) is 3.73. The molecule has 0 aliphatic carbocycles. The van der Waals surface area contributed by atoms with Crippen LogP contribution < -0.4 is 4.74 Å². The summed E-state index contributed by atoms with van der Waals surface area (Å²) < 4.78 is 10.5. The molecule has 0 aromatic heterocycles. The lowest BCUT2D eigenvalue weighted by Gasteiger charge is -2.26. The topological polar surface area (TPSA) is 52.6 Å². The second kappa shape index (κ2) is 12.4. The molecule has 3 rings (SSSR count). The SMILES string of the molecule is C=C(C)C(=O)O/C(C)=C/C=C(\C)c1ccc(C(C)(C)c2ccc(-c3ccc(OC(=O)C(=C)C)cc3)cc2)cc1. The molecule has 0 unspecified atom stereocenters. The number of carbonyl (C=O) groups excluding carboxylic acids is 2. The summed E-state index contributed by atoms with van der Waals surface area (Å²) >= 11 is 0. The van der Waals surface area contributed by atoms with Crippen LogP contribution in [-0.4, -0.2) is 11.9 Å². The van der Waals surface area contributed by atoms with Gasteiger partial charge in [-0.15, -0.1) is 0 Å². The zero-order chi connectivity index (χ0) is 28.7. The van der Waals surface area contributed by atoms with Crippen LogP contribution in [0.4, 0.5) is 0 Å². The van der Waals surface area contributed by atoms with Crippen LogP contribution in [0.1, 0.15) is 58.2 Å². The summed E-state index contributed by atoms with van der Waals surface area (Å²) in [5.74, 6) is 0.164. The quantitative estimate of drug-likeness (QED) is 0.0932. The lowest BCUT2D eigenvalue weighted by Crippen LogP contribution is -2.18. The average Bonchev–Trinajstić information content (AvgIpc) is 2.92. The van der Waals surface area contributed by atoms with Gasteiger partial charge in [-0.2, -0.15) is 0 Å². The highest BCUT2D eigenvalue weighted by atomic mass is 16.5. The Hall–Kier alpha value is -4.44. The van der Waals surface area contributed by atoms with Crippen LogP contribution in [0.3, 0.4) is 0 Å². The number of hydrogen-bond donors (Lipinski definition) is 0. The van der Waals surface area contributed by atoms with E-state index in [1.807, 2.05) is 25.1 Å². The molecule has 3 aromatic rings. The average molecular weight is 521 g/mol. The van der Waals surface area contributed by atoms with Crippen molar-refractivity contribution in [1.29, 1.82) is 0 Å². The number of rotatable bonds is 9. The van der Waals surface area contributed by atoms with Crippen LogP contribution in [0.5, 0.6) is 5.75 Å². The van der Waals surface area contributed by atoms with E-state index >= 15 is 0 Å². The van der Waals surface area contributed by atoms with Gasteiger partial charge in [-0.05, 0) is 79.3 Å². The third-order valence-electron chi connectivity index (χ3n) is 6.59. The van der Waals surface area contributed by atoms with E-state index in [1.54, 1.807) is 39.0 Å². The van der Waals surface area contributed by atoms with E-state index in [1.165, 1.54) is 11.1 Å².